The SMILES string of the molecule is CNS(=O)(=O)NCCC1CCN(c2ncnc3c(Br)cn(C)c23)CC1. The number of rotatable bonds is 6. The van der Waals surface area contributed by atoms with Crippen molar-refractivity contribution < 1.29 is 8.42 Å². The van der Waals surface area contributed by atoms with Crippen molar-refractivity contribution in [3.05, 3.63) is 17.0 Å². The van der Waals surface area contributed by atoms with Gasteiger partial charge in [0.15, 0.2) is 5.82 Å². The van der Waals surface area contributed by atoms with Gasteiger partial charge in [0.05, 0.1) is 4.47 Å². The van der Waals surface area contributed by atoms with Crippen molar-refractivity contribution in [3.63, 3.8) is 0 Å². The predicted molar refractivity (Wildman–Crippen MR) is 102 cm³/mol. The van der Waals surface area contributed by atoms with E-state index in [1.165, 1.54) is 7.05 Å². The van der Waals surface area contributed by atoms with Crippen LogP contribution in [0.5, 0.6) is 0 Å². The van der Waals surface area contributed by atoms with Gasteiger partial charge in [0.1, 0.15) is 17.4 Å². The molecule has 138 valence electrons. The van der Waals surface area contributed by atoms with Crippen molar-refractivity contribution in [2.45, 2.75) is 19.3 Å². The molecule has 0 atom stereocenters. The van der Waals surface area contributed by atoms with Crippen molar-refractivity contribution in [2.24, 2.45) is 13.0 Å². The molecule has 25 heavy (non-hydrogen) atoms. The number of piperidine rings is 1. The molecule has 0 aromatic carbocycles. The van der Waals surface area contributed by atoms with Gasteiger partial charge in [-0.05, 0) is 41.1 Å². The molecule has 1 fully saturated rings. The Morgan fingerprint density at radius 1 is 1.32 bits per heavy atom. The molecule has 2 aromatic rings. The number of fused-ring (bicyclic) bond motifs is 1. The monoisotopic (exact) mass is 430 g/mol. The minimum absolute atomic E-state index is 0.469. The fraction of sp³-hybridized carbons (Fsp3) is 0.600. The van der Waals surface area contributed by atoms with E-state index >= 15 is 0 Å². The number of aryl methyl sites for hydroxylation is 1. The Labute approximate surface area is 156 Å². The normalized spacial score (nSPS) is 16.7. The third-order valence-corrected chi connectivity index (χ3v) is 6.42. The summed E-state index contributed by atoms with van der Waals surface area (Å²) >= 11 is 3.54. The number of hydrogen-bond donors (Lipinski definition) is 2. The van der Waals surface area contributed by atoms with E-state index in [4.69, 9.17) is 0 Å². The molecule has 0 radical (unpaired) electrons. The number of nitrogens with zero attached hydrogens (tertiary/aromatic N) is 4. The highest BCUT2D eigenvalue weighted by Gasteiger charge is 2.23. The van der Waals surface area contributed by atoms with Crippen molar-refractivity contribution >= 4 is 43.0 Å². The topological polar surface area (TPSA) is 92.2 Å². The molecule has 0 spiro atoms. The van der Waals surface area contributed by atoms with Crippen molar-refractivity contribution in [3.8, 4) is 0 Å². The van der Waals surface area contributed by atoms with Crippen LogP contribution in [0.3, 0.4) is 0 Å². The van der Waals surface area contributed by atoms with Gasteiger partial charge in [-0.1, -0.05) is 0 Å². The van der Waals surface area contributed by atoms with Gasteiger partial charge < -0.3 is 9.47 Å². The van der Waals surface area contributed by atoms with E-state index in [2.05, 4.69) is 40.2 Å². The Kier molecular flexibility index (Phi) is 5.62. The molecule has 0 unspecified atom stereocenters. The van der Waals surface area contributed by atoms with Crippen LogP contribution in [0.1, 0.15) is 19.3 Å². The second-order valence-corrected chi connectivity index (χ2v) is 8.86. The average molecular weight is 431 g/mol. The van der Waals surface area contributed by atoms with Gasteiger partial charge in [-0.15, -0.1) is 0 Å². The van der Waals surface area contributed by atoms with Crippen LogP contribution >= 0.6 is 15.9 Å². The molecule has 0 amide bonds. The van der Waals surface area contributed by atoms with Crippen molar-refractivity contribution in [1.29, 1.82) is 0 Å². The number of nitrogens with one attached hydrogen (secondary N) is 2. The number of anilines is 1. The molecular weight excluding hydrogens is 408 g/mol. The maximum Gasteiger partial charge on any atom is 0.276 e. The first-order chi connectivity index (χ1) is 11.9. The summed E-state index contributed by atoms with van der Waals surface area (Å²) in [5, 5.41) is 0. The minimum atomic E-state index is -3.34. The molecule has 0 bridgehead atoms. The fourth-order valence-electron chi connectivity index (χ4n) is 3.30. The number of hydrogen-bond acceptors (Lipinski definition) is 5. The summed E-state index contributed by atoms with van der Waals surface area (Å²) in [5.41, 5.74) is 1.96. The average Bonchev–Trinajstić information content (AvgIpc) is 2.90. The Bertz CT molecular complexity index is 845. The van der Waals surface area contributed by atoms with Crippen LogP contribution in [0.25, 0.3) is 11.0 Å². The molecule has 0 saturated carbocycles. The largest absolute Gasteiger partial charge is 0.355 e. The summed E-state index contributed by atoms with van der Waals surface area (Å²) in [7, 11) is 0.0731. The Morgan fingerprint density at radius 2 is 2.04 bits per heavy atom. The summed E-state index contributed by atoms with van der Waals surface area (Å²) in [6, 6.07) is 0. The van der Waals surface area contributed by atoms with Crippen molar-refractivity contribution in [2.75, 3.05) is 31.6 Å². The smallest absolute Gasteiger partial charge is 0.276 e. The Balaban J connectivity index is 1.62. The highest BCUT2D eigenvalue weighted by molar-refractivity contribution is 9.10. The van der Waals surface area contributed by atoms with Crippen LogP contribution in [0.4, 0.5) is 5.82 Å². The zero-order valence-corrected chi connectivity index (χ0v) is 16.8. The predicted octanol–water partition coefficient (Wildman–Crippen LogP) is 1.39. The Hall–Kier alpha value is -1.23. The van der Waals surface area contributed by atoms with Gasteiger partial charge in [-0.3, -0.25) is 0 Å². The van der Waals surface area contributed by atoms with E-state index in [0.717, 1.165) is 53.7 Å². The third kappa shape index (κ3) is 4.13. The second-order valence-electron chi connectivity index (χ2n) is 6.30. The van der Waals surface area contributed by atoms with Crippen molar-refractivity contribution in [1.82, 2.24) is 24.0 Å². The van der Waals surface area contributed by atoms with Gasteiger partial charge in [-0.2, -0.15) is 8.42 Å². The third-order valence-electron chi connectivity index (χ3n) is 4.72. The van der Waals surface area contributed by atoms with E-state index in [0.29, 0.717) is 12.5 Å². The molecule has 2 aromatic heterocycles. The zero-order chi connectivity index (χ0) is 18.0. The minimum Gasteiger partial charge on any atom is -0.355 e. The first-order valence-corrected chi connectivity index (χ1v) is 10.6. The molecule has 3 rings (SSSR count). The van der Waals surface area contributed by atoms with Crippen LogP contribution in [0, 0.1) is 5.92 Å². The van der Waals surface area contributed by atoms with Gasteiger partial charge in [0.2, 0.25) is 0 Å². The van der Waals surface area contributed by atoms with Gasteiger partial charge in [0.25, 0.3) is 10.2 Å². The summed E-state index contributed by atoms with van der Waals surface area (Å²) in [5.74, 6) is 1.49. The summed E-state index contributed by atoms with van der Waals surface area (Å²) in [6.07, 6.45) is 6.52. The van der Waals surface area contributed by atoms with Crippen LogP contribution in [-0.2, 0) is 17.3 Å². The fourth-order valence-corrected chi connectivity index (χ4v) is 4.43. The lowest BCUT2D eigenvalue weighted by Crippen LogP contribution is -2.38. The standard InChI is InChI=1S/C15H23BrN6O2S/c1-17-25(23,24)20-6-3-11-4-7-22(8-5-11)15-14-13(18-10-19-15)12(16)9-21(14)2/h9-11,17,20H,3-8H2,1-2H3. The van der Waals surface area contributed by atoms with E-state index in [-0.39, 0.29) is 0 Å². The van der Waals surface area contributed by atoms with Gasteiger partial charge in [-0.25, -0.2) is 19.4 Å². The first-order valence-electron chi connectivity index (χ1n) is 8.30. The van der Waals surface area contributed by atoms with E-state index in [1.807, 2.05) is 17.8 Å². The molecule has 0 aliphatic carbocycles. The number of aromatic nitrogens is 3. The van der Waals surface area contributed by atoms with Crippen LogP contribution in [0.15, 0.2) is 17.0 Å². The van der Waals surface area contributed by atoms with Gasteiger partial charge >= 0.3 is 0 Å². The zero-order valence-electron chi connectivity index (χ0n) is 14.4. The molecule has 1 aliphatic heterocycles. The lowest BCUT2D eigenvalue weighted by Gasteiger charge is -2.33. The molecule has 2 N–H and O–H groups in total. The first kappa shape index (κ1) is 18.6. The lowest BCUT2D eigenvalue weighted by molar-refractivity contribution is 0.380. The molecule has 3 heterocycles. The summed E-state index contributed by atoms with van der Waals surface area (Å²) < 4.78 is 30.6. The lowest BCUT2D eigenvalue weighted by atomic mass is 9.93. The summed E-state index contributed by atoms with van der Waals surface area (Å²) in [6.45, 7) is 2.30. The van der Waals surface area contributed by atoms with Crippen LogP contribution in [0.2, 0.25) is 0 Å². The quantitative estimate of drug-likeness (QED) is 0.722. The van der Waals surface area contributed by atoms with Crippen LogP contribution in [-0.4, -0.2) is 49.6 Å². The molecule has 8 nitrogen and oxygen atoms in total. The Morgan fingerprint density at radius 3 is 2.72 bits per heavy atom. The number of halogens is 1. The van der Waals surface area contributed by atoms with Crippen LogP contribution < -0.4 is 14.3 Å². The van der Waals surface area contributed by atoms with E-state index in [9.17, 15) is 8.42 Å². The maximum atomic E-state index is 11.4. The molecule has 10 heteroatoms. The van der Waals surface area contributed by atoms with E-state index < -0.39 is 10.2 Å². The van der Waals surface area contributed by atoms with E-state index in [1.54, 1.807) is 6.33 Å². The van der Waals surface area contributed by atoms with Gasteiger partial charge in [0, 0.05) is 39.9 Å². The highest BCUT2D eigenvalue weighted by atomic mass is 79.9. The second kappa shape index (κ2) is 7.56. The highest BCUT2D eigenvalue weighted by Crippen LogP contribution is 2.32. The molecule has 1 aliphatic rings. The summed E-state index contributed by atoms with van der Waals surface area (Å²) in [4.78, 5) is 11.2. The molecule has 1 saturated heterocycles. The maximum absolute atomic E-state index is 11.4. The molecular formula is C15H23BrN6O2S.